The second-order valence-corrected chi connectivity index (χ2v) is 11.7. The topological polar surface area (TPSA) is 105 Å². The van der Waals surface area contributed by atoms with Gasteiger partial charge in [0.25, 0.3) is 10.0 Å². The summed E-state index contributed by atoms with van der Waals surface area (Å²) in [6.45, 7) is 9.43. The van der Waals surface area contributed by atoms with Gasteiger partial charge < -0.3 is 5.11 Å². The molecule has 7 nitrogen and oxygen atoms in total. The summed E-state index contributed by atoms with van der Waals surface area (Å²) in [6, 6.07) is 10.1. The minimum atomic E-state index is -3.96. The fourth-order valence-electron chi connectivity index (χ4n) is 5.30. The Balaban J connectivity index is 1.88. The third-order valence-corrected chi connectivity index (χ3v) is 8.86. The third-order valence-electron chi connectivity index (χ3n) is 7.54. The maximum atomic E-state index is 14.5. The molecule has 2 aromatic heterocycles. The predicted molar refractivity (Wildman–Crippen MR) is 132 cm³/mol. The standard InChI is InChI=1S/C26H30F2N4O3S/c1-6-17-16-13-20(23-18(27)9-7-10-19(23)28)31-32-24(16)26(5,25(17,3)4)21-11-8-12-22(30-21)36(34,35)29-14-15(2)33/h7-13,15,17,29,33H,6,14H2,1-5H3/t15-,17?,26?/m0/s1. The zero-order chi connectivity index (χ0) is 26.5. The molecule has 0 spiro atoms. The van der Waals surface area contributed by atoms with Crippen molar-refractivity contribution in [3.05, 3.63) is 71.1 Å². The molecule has 36 heavy (non-hydrogen) atoms. The van der Waals surface area contributed by atoms with Crippen molar-refractivity contribution in [2.24, 2.45) is 5.41 Å². The van der Waals surface area contributed by atoms with Gasteiger partial charge in [0.1, 0.15) is 11.6 Å². The molecule has 4 rings (SSSR count). The second-order valence-electron chi connectivity index (χ2n) is 10.00. The molecule has 1 aliphatic rings. The molecule has 0 amide bonds. The van der Waals surface area contributed by atoms with E-state index in [-0.39, 0.29) is 28.7 Å². The minimum Gasteiger partial charge on any atom is -0.392 e. The molecule has 3 atom stereocenters. The molecule has 1 aromatic carbocycles. The molecule has 0 fully saturated rings. The van der Waals surface area contributed by atoms with Crippen LogP contribution in [0.4, 0.5) is 8.78 Å². The first-order valence-corrected chi connectivity index (χ1v) is 13.3. The van der Waals surface area contributed by atoms with E-state index in [1.165, 1.54) is 31.2 Å². The Morgan fingerprint density at radius 2 is 1.72 bits per heavy atom. The number of benzene rings is 1. The van der Waals surface area contributed by atoms with Crippen LogP contribution in [-0.2, 0) is 15.4 Å². The Bertz CT molecular complexity index is 1390. The molecule has 0 saturated heterocycles. The van der Waals surface area contributed by atoms with E-state index in [1.54, 1.807) is 18.2 Å². The fraction of sp³-hybridized carbons (Fsp3) is 0.423. The van der Waals surface area contributed by atoms with E-state index in [0.717, 1.165) is 5.56 Å². The van der Waals surface area contributed by atoms with Crippen molar-refractivity contribution < 1.29 is 22.3 Å². The van der Waals surface area contributed by atoms with E-state index in [4.69, 9.17) is 0 Å². The highest BCUT2D eigenvalue weighted by molar-refractivity contribution is 7.89. The van der Waals surface area contributed by atoms with Crippen LogP contribution >= 0.6 is 0 Å². The van der Waals surface area contributed by atoms with E-state index >= 15 is 0 Å². The van der Waals surface area contributed by atoms with E-state index in [0.29, 0.717) is 17.8 Å². The Morgan fingerprint density at radius 1 is 1.08 bits per heavy atom. The molecule has 0 bridgehead atoms. The molecular weight excluding hydrogens is 486 g/mol. The van der Waals surface area contributed by atoms with Crippen molar-refractivity contribution in [1.29, 1.82) is 0 Å². The van der Waals surface area contributed by atoms with E-state index in [1.807, 2.05) is 13.8 Å². The van der Waals surface area contributed by atoms with Gasteiger partial charge in [-0.05, 0) is 67.5 Å². The summed E-state index contributed by atoms with van der Waals surface area (Å²) in [5.74, 6) is -1.50. The van der Waals surface area contributed by atoms with Crippen LogP contribution < -0.4 is 4.72 Å². The Morgan fingerprint density at radius 3 is 2.33 bits per heavy atom. The third kappa shape index (κ3) is 4.10. The van der Waals surface area contributed by atoms with Gasteiger partial charge >= 0.3 is 0 Å². The van der Waals surface area contributed by atoms with Crippen molar-refractivity contribution >= 4 is 10.0 Å². The van der Waals surface area contributed by atoms with Crippen LogP contribution in [0.2, 0.25) is 0 Å². The molecule has 10 heteroatoms. The number of sulfonamides is 1. The Kier molecular flexibility index (Phi) is 6.74. The highest BCUT2D eigenvalue weighted by Gasteiger charge is 2.57. The van der Waals surface area contributed by atoms with Crippen LogP contribution in [0.5, 0.6) is 0 Å². The average Bonchev–Trinajstić information content (AvgIpc) is 3.00. The van der Waals surface area contributed by atoms with E-state index in [9.17, 15) is 22.3 Å². The molecule has 1 aliphatic carbocycles. The molecule has 0 radical (unpaired) electrons. The molecule has 0 aliphatic heterocycles. The van der Waals surface area contributed by atoms with Gasteiger partial charge in [-0.1, -0.05) is 32.9 Å². The lowest BCUT2D eigenvalue weighted by Gasteiger charge is -2.41. The molecular formula is C26H30F2N4O3S. The summed E-state index contributed by atoms with van der Waals surface area (Å²) in [6.07, 6.45) is -0.135. The lowest BCUT2D eigenvalue weighted by Crippen LogP contribution is -2.40. The van der Waals surface area contributed by atoms with Gasteiger partial charge in [0.05, 0.1) is 34.2 Å². The minimum absolute atomic E-state index is 0.0583. The maximum absolute atomic E-state index is 14.5. The summed E-state index contributed by atoms with van der Waals surface area (Å²) >= 11 is 0. The SMILES string of the molecule is CCC1c2cc(-c3c(F)cccc3F)nnc2C(C)(c2cccc(S(=O)(=O)NC[C@H](C)O)n2)C1(C)C. The van der Waals surface area contributed by atoms with Gasteiger partial charge in [0, 0.05) is 6.54 Å². The lowest BCUT2D eigenvalue weighted by atomic mass is 9.62. The normalized spacial score (nSPS) is 21.8. The summed E-state index contributed by atoms with van der Waals surface area (Å²) in [7, 11) is -3.96. The van der Waals surface area contributed by atoms with Gasteiger partial charge in [-0.2, -0.15) is 5.10 Å². The number of rotatable bonds is 7. The monoisotopic (exact) mass is 516 g/mol. The van der Waals surface area contributed by atoms with Crippen molar-refractivity contribution in [3.63, 3.8) is 0 Å². The molecule has 3 aromatic rings. The number of aliphatic hydroxyl groups excluding tert-OH is 1. The quantitative estimate of drug-likeness (QED) is 0.485. The molecule has 0 saturated carbocycles. The summed E-state index contributed by atoms with van der Waals surface area (Å²) in [4.78, 5) is 4.53. The molecule has 192 valence electrons. The Hall–Kier alpha value is -2.82. The van der Waals surface area contributed by atoms with Gasteiger partial charge in [-0.3, -0.25) is 0 Å². The fourth-order valence-corrected chi connectivity index (χ4v) is 6.38. The number of aliphatic hydroxyl groups is 1. The first-order valence-electron chi connectivity index (χ1n) is 11.8. The number of aromatic nitrogens is 3. The van der Waals surface area contributed by atoms with Crippen LogP contribution in [0, 0.1) is 17.0 Å². The van der Waals surface area contributed by atoms with Crippen molar-refractivity contribution in [3.8, 4) is 11.3 Å². The van der Waals surface area contributed by atoms with Crippen molar-refractivity contribution in [2.75, 3.05) is 6.54 Å². The first-order chi connectivity index (χ1) is 16.8. The smallest absolute Gasteiger partial charge is 0.258 e. The van der Waals surface area contributed by atoms with E-state index in [2.05, 4.69) is 33.8 Å². The largest absolute Gasteiger partial charge is 0.392 e. The van der Waals surface area contributed by atoms with Gasteiger partial charge in [-0.25, -0.2) is 26.9 Å². The number of fused-ring (bicyclic) bond motifs is 1. The molecule has 2 unspecified atom stereocenters. The predicted octanol–water partition coefficient (Wildman–Crippen LogP) is 4.32. The highest BCUT2D eigenvalue weighted by Crippen LogP contribution is 2.61. The molecule has 2 heterocycles. The zero-order valence-electron chi connectivity index (χ0n) is 20.9. The average molecular weight is 517 g/mol. The number of pyridine rings is 1. The number of halogens is 2. The van der Waals surface area contributed by atoms with Gasteiger partial charge in [0.15, 0.2) is 5.03 Å². The van der Waals surface area contributed by atoms with Crippen LogP contribution in [-0.4, -0.2) is 41.4 Å². The van der Waals surface area contributed by atoms with Crippen LogP contribution in [0.3, 0.4) is 0 Å². The van der Waals surface area contributed by atoms with Gasteiger partial charge in [-0.15, -0.1) is 5.10 Å². The van der Waals surface area contributed by atoms with Crippen molar-refractivity contribution in [2.45, 2.75) is 63.5 Å². The number of nitrogens with zero attached hydrogens (tertiary/aromatic N) is 3. The number of hydrogen-bond acceptors (Lipinski definition) is 6. The van der Waals surface area contributed by atoms with Crippen LogP contribution in [0.15, 0.2) is 47.5 Å². The van der Waals surface area contributed by atoms with E-state index < -0.39 is 38.6 Å². The summed E-state index contributed by atoms with van der Waals surface area (Å²) < 4.78 is 57.0. The Labute approximate surface area is 210 Å². The number of nitrogens with one attached hydrogen (secondary N) is 1. The van der Waals surface area contributed by atoms with Crippen molar-refractivity contribution in [1.82, 2.24) is 19.9 Å². The van der Waals surface area contributed by atoms with Gasteiger partial charge in [0.2, 0.25) is 0 Å². The highest BCUT2D eigenvalue weighted by atomic mass is 32.2. The first kappa shape index (κ1) is 26.2. The zero-order valence-corrected chi connectivity index (χ0v) is 21.7. The summed E-state index contributed by atoms with van der Waals surface area (Å²) in [5, 5.41) is 18.0. The molecule has 2 N–H and O–H groups in total. The second kappa shape index (κ2) is 9.24. The summed E-state index contributed by atoms with van der Waals surface area (Å²) in [5.41, 5.74) is 0.424. The lowest BCUT2D eigenvalue weighted by molar-refractivity contribution is 0.188. The maximum Gasteiger partial charge on any atom is 0.258 e. The number of hydrogen-bond donors (Lipinski definition) is 2. The van der Waals surface area contributed by atoms with Crippen LogP contribution in [0.1, 0.15) is 63.9 Å². The van der Waals surface area contributed by atoms with Crippen LogP contribution in [0.25, 0.3) is 11.3 Å².